The van der Waals surface area contributed by atoms with Crippen molar-refractivity contribution in [3.8, 4) is 5.75 Å². The molecule has 112 valence electrons. The van der Waals surface area contributed by atoms with Crippen molar-refractivity contribution in [3.63, 3.8) is 0 Å². The molecular weight excluding hydrogens is 272 g/mol. The first-order valence-electron chi connectivity index (χ1n) is 7.00. The summed E-state index contributed by atoms with van der Waals surface area (Å²) in [5.41, 5.74) is -0.0164. The molecular formula is C15H18N2O4. The molecule has 0 bridgehead atoms. The van der Waals surface area contributed by atoms with E-state index in [1.54, 1.807) is 31.4 Å². The van der Waals surface area contributed by atoms with E-state index in [4.69, 9.17) is 9.47 Å². The molecule has 3 rings (SSSR count). The molecule has 2 heterocycles. The van der Waals surface area contributed by atoms with E-state index in [2.05, 4.69) is 5.32 Å². The molecule has 0 unspecified atom stereocenters. The topological polar surface area (TPSA) is 67.9 Å². The van der Waals surface area contributed by atoms with Crippen LogP contribution in [0.3, 0.4) is 0 Å². The van der Waals surface area contributed by atoms with Crippen LogP contribution in [-0.4, -0.2) is 38.8 Å². The molecule has 21 heavy (non-hydrogen) atoms. The number of methoxy groups -OCH3 is 1. The van der Waals surface area contributed by atoms with Gasteiger partial charge in [0.25, 0.3) is 0 Å². The van der Waals surface area contributed by atoms with E-state index < -0.39 is 5.41 Å². The first kappa shape index (κ1) is 13.9. The molecule has 2 fully saturated rings. The molecule has 2 aliphatic heterocycles. The lowest BCUT2D eigenvalue weighted by atomic mass is 9.77. The van der Waals surface area contributed by atoms with Crippen LogP contribution in [0.25, 0.3) is 0 Å². The second-order valence-corrected chi connectivity index (χ2v) is 5.39. The Labute approximate surface area is 123 Å². The Morgan fingerprint density at radius 3 is 2.76 bits per heavy atom. The van der Waals surface area contributed by atoms with Gasteiger partial charge in [0.05, 0.1) is 18.2 Å². The molecule has 6 nitrogen and oxygen atoms in total. The summed E-state index contributed by atoms with van der Waals surface area (Å²) in [4.78, 5) is 26.3. The quantitative estimate of drug-likeness (QED) is 0.897. The van der Waals surface area contributed by atoms with Crippen LogP contribution in [0.4, 0.5) is 10.5 Å². The number of nitrogens with zero attached hydrogens (tertiary/aromatic N) is 1. The molecule has 2 aliphatic rings. The molecule has 0 atom stereocenters. The van der Waals surface area contributed by atoms with E-state index in [0.29, 0.717) is 44.0 Å². The zero-order chi connectivity index (χ0) is 14.9. The lowest BCUT2D eigenvalue weighted by molar-refractivity contribution is -0.133. The molecule has 1 aromatic rings. The first-order valence-corrected chi connectivity index (χ1v) is 7.00. The van der Waals surface area contributed by atoms with Gasteiger partial charge < -0.3 is 14.8 Å². The average Bonchev–Trinajstić information content (AvgIpc) is 2.53. The molecule has 0 aliphatic carbocycles. The van der Waals surface area contributed by atoms with Crippen LogP contribution in [0.5, 0.6) is 5.75 Å². The highest BCUT2D eigenvalue weighted by Crippen LogP contribution is 2.36. The molecule has 0 radical (unpaired) electrons. The second kappa shape index (κ2) is 5.37. The Morgan fingerprint density at radius 2 is 2.05 bits per heavy atom. The summed E-state index contributed by atoms with van der Waals surface area (Å²) in [5, 5.41) is 2.83. The van der Waals surface area contributed by atoms with Crippen LogP contribution in [0, 0.1) is 5.41 Å². The highest BCUT2D eigenvalue weighted by Gasteiger charge is 2.48. The van der Waals surface area contributed by atoms with Gasteiger partial charge in [-0.25, -0.2) is 9.69 Å². The van der Waals surface area contributed by atoms with Crippen molar-refractivity contribution in [1.29, 1.82) is 0 Å². The largest absolute Gasteiger partial charge is 0.497 e. The molecule has 2 saturated heterocycles. The first-order chi connectivity index (χ1) is 10.2. The van der Waals surface area contributed by atoms with Crippen LogP contribution < -0.4 is 15.0 Å². The molecule has 3 amide bonds. The maximum Gasteiger partial charge on any atom is 0.328 e. The van der Waals surface area contributed by atoms with Crippen LogP contribution in [0.15, 0.2) is 24.3 Å². The summed E-state index contributed by atoms with van der Waals surface area (Å²) in [6.45, 7) is 1.48. The summed E-state index contributed by atoms with van der Waals surface area (Å²) < 4.78 is 10.5. The summed E-state index contributed by atoms with van der Waals surface area (Å²) in [5.74, 6) is 0.461. The van der Waals surface area contributed by atoms with Crippen LogP contribution in [0.2, 0.25) is 0 Å². The van der Waals surface area contributed by atoms with E-state index in [1.165, 1.54) is 4.90 Å². The Morgan fingerprint density at radius 1 is 1.29 bits per heavy atom. The fourth-order valence-corrected chi connectivity index (χ4v) is 2.87. The lowest BCUT2D eigenvalue weighted by Crippen LogP contribution is -2.62. The molecule has 1 aromatic carbocycles. The Hall–Kier alpha value is -2.08. The second-order valence-electron chi connectivity index (χ2n) is 5.39. The molecule has 0 saturated carbocycles. The Kier molecular flexibility index (Phi) is 3.55. The van der Waals surface area contributed by atoms with Gasteiger partial charge in [0.15, 0.2) is 0 Å². The van der Waals surface area contributed by atoms with Crippen molar-refractivity contribution < 1.29 is 19.1 Å². The number of carbonyl (C=O) groups excluding carboxylic acids is 2. The Bertz CT molecular complexity index is 567. The predicted octanol–water partition coefficient (Wildman–Crippen LogP) is 1.55. The van der Waals surface area contributed by atoms with E-state index in [1.807, 2.05) is 0 Å². The number of imide groups is 1. The Balaban J connectivity index is 1.95. The van der Waals surface area contributed by atoms with Gasteiger partial charge in [-0.05, 0) is 25.0 Å². The van der Waals surface area contributed by atoms with Crippen LogP contribution in [-0.2, 0) is 9.53 Å². The number of hydrogen-bond acceptors (Lipinski definition) is 4. The van der Waals surface area contributed by atoms with Crippen molar-refractivity contribution in [2.75, 3.05) is 31.8 Å². The van der Waals surface area contributed by atoms with Gasteiger partial charge in [0.2, 0.25) is 5.91 Å². The smallest absolute Gasteiger partial charge is 0.328 e. The van der Waals surface area contributed by atoms with Gasteiger partial charge in [-0.3, -0.25) is 4.79 Å². The third-order valence-corrected chi connectivity index (χ3v) is 4.20. The van der Waals surface area contributed by atoms with Crippen molar-refractivity contribution in [3.05, 3.63) is 24.3 Å². The molecule has 1 spiro atoms. The van der Waals surface area contributed by atoms with Gasteiger partial charge in [-0.15, -0.1) is 0 Å². The number of benzene rings is 1. The highest BCUT2D eigenvalue weighted by atomic mass is 16.5. The highest BCUT2D eigenvalue weighted by molar-refractivity contribution is 6.18. The summed E-state index contributed by atoms with van der Waals surface area (Å²) in [6.07, 6.45) is 1.26. The zero-order valence-electron chi connectivity index (χ0n) is 11.9. The minimum absolute atomic E-state index is 0.150. The van der Waals surface area contributed by atoms with Gasteiger partial charge in [0, 0.05) is 25.8 Å². The standard InChI is InChI=1S/C15H18N2O4/c1-20-12-4-2-3-11(9-12)17-13(18)15(10-16-14(17)19)5-7-21-8-6-15/h2-4,9H,5-8,10H2,1H3,(H,16,19). The van der Waals surface area contributed by atoms with E-state index in [9.17, 15) is 9.59 Å². The van der Waals surface area contributed by atoms with E-state index in [0.717, 1.165) is 0 Å². The number of hydrogen-bond donors (Lipinski definition) is 1. The number of urea groups is 1. The van der Waals surface area contributed by atoms with Crippen molar-refractivity contribution in [2.45, 2.75) is 12.8 Å². The van der Waals surface area contributed by atoms with Gasteiger partial charge in [0.1, 0.15) is 5.75 Å². The van der Waals surface area contributed by atoms with E-state index >= 15 is 0 Å². The minimum atomic E-state index is -0.546. The summed E-state index contributed by atoms with van der Waals surface area (Å²) in [7, 11) is 1.55. The van der Waals surface area contributed by atoms with Crippen LogP contribution in [0.1, 0.15) is 12.8 Å². The molecule has 1 N–H and O–H groups in total. The SMILES string of the molecule is COc1cccc(N2C(=O)NCC3(CCOCC3)C2=O)c1. The minimum Gasteiger partial charge on any atom is -0.497 e. The maximum absolute atomic E-state index is 12.9. The van der Waals surface area contributed by atoms with Crippen molar-refractivity contribution in [1.82, 2.24) is 5.32 Å². The van der Waals surface area contributed by atoms with Gasteiger partial charge in [-0.1, -0.05) is 6.07 Å². The third-order valence-electron chi connectivity index (χ3n) is 4.20. The molecule has 6 heteroatoms. The third kappa shape index (κ3) is 2.35. The van der Waals surface area contributed by atoms with Crippen LogP contribution >= 0.6 is 0 Å². The van der Waals surface area contributed by atoms with Gasteiger partial charge in [-0.2, -0.15) is 0 Å². The summed E-state index contributed by atoms with van der Waals surface area (Å²) >= 11 is 0. The number of amides is 3. The monoisotopic (exact) mass is 290 g/mol. The number of ether oxygens (including phenoxy) is 2. The summed E-state index contributed by atoms with van der Waals surface area (Å²) in [6, 6.07) is 6.58. The van der Waals surface area contributed by atoms with Gasteiger partial charge >= 0.3 is 6.03 Å². The number of carbonyl (C=O) groups is 2. The maximum atomic E-state index is 12.9. The lowest BCUT2D eigenvalue weighted by Gasteiger charge is -2.42. The van der Waals surface area contributed by atoms with Crippen molar-refractivity contribution >= 4 is 17.6 Å². The number of nitrogens with one attached hydrogen (secondary N) is 1. The predicted molar refractivity (Wildman–Crippen MR) is 76.4 cm³/mol. The number of anilines is 1. The van der Waals surface area contributed by atoms with Crippen molar-refractivity contribution in [2.24, 2.45) is 5.41 Å². The normalized spacial score (nSPS) is 21.3. The fraction of sp³-hybridized carbons (Fsp3) is 0.467. The molecule has 0 aromatic heterocycles. The fourth-order valence-electron chi connectivity index (χ4n) is 2.87. The average molecular weight is 290 g/mol. The number of rotatable bonds is 2. The van der Waals surface area contributed by atoms with E-state index in [-0.39, 0.29) is 11.9 Å². The zero-order valence-corrected chi connectivity index (χ0v) is 11.9.